The molecule has 3 fully saturated rings. The molecule has 65 heavy (non-hydrogen) atoms. The predicted molar refractivity (Wildman–Crippen MR) is 247 cm³/mol. The Labute approximate surface area is 386 Å². The summed E-state index contributed by atoms with van der Waals surface area (Å²) in [6.45, 7) is 4.33. The van der Waals surface area contributed by atoms with E-state index >= 15 is 4.39 Å². The van der Waals surface area contributed by atoms with Crippen LogP contribution in [0.25, 0.3) is 0 Å². The molecule has 1 aliphatic carbocycles. The van der Waals surface area contributed by atoms with E-state index in [4.69, 9.17) is 23.2 Å². The Bertz CT molecular complexity index is 2650. The van der Waals surface area contributed by atoms with Gasteiger partial charge in [0.2, 0.25) is 17.7 Å². The van der Waals surface area contributed by atoms with Crippen molar-refractivity contribution in [2.24, 2.45) is 0 Å². The van der Waals surface area contributed by atoms with Crippen LogP contribution in [0.4, 0.5) is 21.5 Å². The van der Waals surface area contributed by atoms with E-state index in [0.717, 1.165) is 43.4 Å². The first kappa shape index (κ1) is 44.3. The lowest BCUT2D eigenvalue weighted by atomic mass is 9.55. The number of nitrogens with zero attached hydrogens (tertiary/aromatic N) is 1. The van der Waals surface area contributed by atoms with E-state index in [9.17, 15) is 28.8 Å². The zero-order valence-corrected chi connectivity index (χ0v) is 37.2. The Morgan fingerprint density at radius 3 is 2.38 bits per heavy atom. The lowest BCUT2D eigenvalue weighted by Crippen LogP contribution is -2.60. The summed E-state index contributed by atoms with van der Waals surface area (Å²) in [4.78, 5) is 82.7. The minimum Gasteiger partial charge on any atom is -0.384 e. The van der Waals surface area contributed by atoms with Crippen LogP contribution in [0.1, 0.15) is 125 Å². The maximum Gasteiger partial charge on any atom is 0.264 e. The summed E-state index contributed by atoms with van der Waals surface area (Å²) in [6, 6.07) is 19.8. The number of benzene rings is 4. The quantitative estimate of drug-likeness (QED) is 0.0504. The Hall–Kier alpha value is -5.89. The fourth-order valence-electron chi connectivity index (χ4n) is 11.1. The van der Waals surface area contributed by atoms with Crippen molar-refractivity contribution in [3.8, 4) is 0 Å². The third-order valence-corrected chi connectivity index (χ3v) is 14.5. The van der Waals surface area contributed by atoms with Crippen LogP contribution >= 0.6 is 23.2 Å². The lowest BCUT2D eigenvalue weighted by molar-refractivity contribution is -0.125. The minimum atomic E-state index is -1.35. The first-order valence-corrected chi connectivity index (χ1v) is 23.1. The molecule has 4 heterocycles. The van der Waals surface area contributed by atoms with Gasteiger partial charge in [0.1, 0.15) is 17.3 Å². The molecule has 5 aliphatic rings. The molecule has 12 nitrogen and oxygen atoms in total. The Balaban J connectivity index is 0.817. The zero-order valence-electron chi connectivity index (χ0n) is 35.7. The van der Waals surface area contributed by atoms with E-state index in [-0.39, 0.29) is 33.4 Å². The van der Waals surface area contributed by atoms with Crippen molar-refractivity contribution in [2.45, 2.75) is 106 Å². The molecule has 2 saturated heterocycles. The van der Waals surface area contributed by atoms with Crippen LogP contribution in [0, 0.1) is 5.82 Å². The SMILES string of the molecule is C=C1CCC(N2C(=O)c3cccc(NCCCCCCC(=O)c4ccc(NC(=O)[C@@H]5NC6(CCCCC6)[C@@]6(C(=O)Nc7cc(Cl)ccc76)[C@H]5c5cccc(Cl)c5F)cc4)c3C2=O)C(=O)N1. The second-order valence-electron chi connectivity index (χ2n) is 17.8. The molecule has 4 atom stereocenters. The topological polar surface area (TPSA) is 166 Å². The average molecular weight is 920 g/mol. The summed E-state index contributed by atoms with van der Waals surface area (Å²) in [5, 5.41) is 16.0. The van der Waals surface area contributed by atoms with Gasteiger partial charge in [-0.3, -0.25) is 39.0 Å². The van der Waals surface area contributed by atoms with Gasteiger partial charge < -0.3 is 21.3 Å². The number of allylic oxidation sites excluding steroid dienone is 1. The van der Waals surface area contributed by atoms with Crippen molar-refractivity contribution in [3.05, 3.63) is 135 Å². The first-order valence-electron chi connectivity index (χ1n) is 22.4. The molecule has 4 aromatic rings. The van der Waals surface area contributed by atoms with E-state index in [0.29, 0.717) is 84.0 Å². The molecule has 2 spiro atoms. The van der Waals surface area contributed by atoms with Crippen molar-refractivity contribution in [1.82, 2.24) is 15.5 Å². The molecule has 5 amide bonds. The van der Waals surface area contributed by atoms with Crippen molar-refractivity contribution in [1.29, 1.82) is 0 Å². The van der Waals surface area contributed by atoms with E-state index in [1.54, 1.807) is 66.7 Å². The zero-order chi connectivity index (χ0) is 45.6. The van der Waals surface area contributed by atoms with Gasteiger partial charge in [0.15, 0.2) is 5.78 Å². The van der Waals surface area contributed by atoms with Crippen LogP contribution in [0.3, 0.4) is 0 Å². The first-order chi connectivity index (χ1) is 31.3. The van der Waals surface area contributed by atoms with E-state index in [2.05, 4.69) is 33.2 Å². The number of hydrogen-bond donors (Lipinski definition) is 5. The van der Waals surface area contributed by atoms with E-state index < -0.39 is 58.4 Å². The molecule has 0 bridgehead atoms. The average Bonchev–Trinajstić information content (AvgIpc) is 3.85. The largest absolute Gasteiger partial charge is 0.384 e. The third kappa shape index (κ3) is 7.70. The van der Waals surface area contributed by atoms with Crippen LogP contribution in [0.5, 0.6) is 0 Å². The lowest BCUT2D eigenvalue weighted by Gasteiger charge is -2.47. The third-order valence-electron chi connectivity index (χ3n) is 14.0. The van der Waals surface area contributed by atoms with Crippen LogP contribution in [-0.4, -0.2) is 64.4 Å². The number of imide groups is 1. The summed E-state index contributed by atoms with van der Waals surface area (Å²) in [6.07, 6.45) is 8.00. The number of rotatable bonds is 13. The number of nitrogens with one attached hydrogen (secondary N) is 5. The fraction of sp³-hybridized carbons (Fsp3) is 0.360. The maximum absolute atomic E-state index is 16.3. The van der Waals surface area contributed by atoms with Gasteiger partial charge in [0, 0.05) is 57.8 Å². The van der Waals surface area contributed by atoms with E-state index in [1.165, 1.54) is 6.07 Å². The predicted octanol–water partition coefficient (Wildman–Crippen LogP) is 9.05. The number of anilines is 3. The molecule has 15 heteroatoms. The van der Waals surface area contributed by atoms with Gasteiger partial charge in [-0.2, -0.15) is 0 Å². The number of carbonyl (C=O) groups excluding carboxylic acids is 6. The molecule has 5 N–H and O–H groups in total. The number of carbonyl (C=O) groups is 6. The van der Waals surface area contributed by atoms with Crippen LogP contribution in [0.15, 0.2) is 91.1 Å². The van der Waals surface area contributed by atoms with Gasteiger partial charge >= 0.3 is 0 Å². The van der Waals surface area contributed by atoms with Crippen molar-refractivity contribution in [3.63, 3.8) is 0 Å². The number of piperidine rings is 1. The number of halogens is 3. The molecule has 4 aliphatic heterocycles. The summed E-state index contributed by atoms with van der Waals surface area (Å²) in [7, 11) is 0. The van der Waals surface area contributed by atoms with Crippen LogP contribution < -0.4 is 26.6 Å². The molecule has 9 rings (SSSR count). The highest BCUT2D eigenvalue weighted by molar-refractivity contribution is 6.31. The number of fused-ring (bicyclic) bond motifs is 4. The summed E-state index contributed by atoms with van der Waals surface area (Å²) >= 11 is 12.8. The fourth-order valence-corrected chi connectivity index (χ4v) is 11.4. The highest BCUT2D eigenvalue weighted by Crippen LogP contribution is 2.63. The second-order valence-corrected chi connectivity index (χ2v) is 18.6. The van der Waals surface area contributed by atoms with Crippen molar-refractivity contribution >= 4 is 75.6 Å². The van der Waals surface area contributed by atoms with Crippen LogP contribution in [0.2, 0.25) is 10.0 Å². The maximum atomic E-state index is 16.3. The van der Waals surface area contributed by atoms with Gasteiger partial charge in [-0.25, -0.2) is 4.39 Å². The molecule has 336 valence electrons. The highest BCUT2D eigenvalue weighted by Gasteiger charge is 2.72. The molecule has 1 saturated carbocycles. The van der Waals surface area contributed by atoms with Gasteiger partial charge in [0.05, 0.1) is 22.2 Å². The Morgan fingerprint density at radius 1 is 0.862 bits per heavy atom. The standard InChI is InChI=1S/C50H49Cl2FN6O6/c1-28-16-23-38(44(61)55-28)59-46(63)32-11-10-14-36(40(32)47(59)64)54-26-8-3-2-5-15-39(60)29-17-20-31(21-18-29)56-45(62)43-41(33-12-9-13-35(52)42(33)53)50(49(58-43)24-6-4-7-25-49)34-22-19-30(51)27-37(34)57-48(50)65/h9-14,17-22,27,38,41,43,54,58H,1-8,15-16,23-26H2,(H,55,61)(H,56,62)(H,57,65)/t38?,41-,43+,50+/m0/s1. The number of ketones is 1. The van der Waals surface area contributed by atoms with Gasteiger partial charge in [-0.05, 0) is 104 Å². The smallest absolute Gasteiger partial charge is 0.264 e. The molecule has 0 aromatic heterocycles. The second kappa shape index (κ2) is 17.8. The molecular formula is C50H49Cl2FN6O6. The van der Waals surface area contributed by atoms with Gasteiger partial charge in [-0.1, -0.05) is 86.2 Å². The van der Waals surface area contributed by atoms with Gasteiger partial charge in [-0.15, -0.1) is 0 Å². The summed E-state index contributed by atoms with van der Waals surface area (Å²) < 4.78 is 16.3. The van der Waals surface area contributed by atoms with E-state index in [1.807, 2.05) is 6.07 Å². The molecular weight excluding hydrogens is 870 g/mol. The van der Waals surface area contributed by atoms with Crippen LogP contribution in [-0.2, 0) is 19.8 Å². The molecule has 1 unspecified atom stereocenters. The minimum absolute atomic E-state index is 0.0364. The van der Waals surface area contributed by atoms with Crippen molar-refractivity contribution < 1.29 is 33.2 Å². The monoisotopic (exact) mass is 918 g/mol. The Kier molecular flexibility index (Phi) is 12.2. The normalized spacial score (nSPS) is 23.1. The number of unbranched alkanes of at least 4 members (excludes halogenated alkanes) is 3. The number of Topliss-reactive ketones (excluding diaryl/α,β-unsaturated/α-hetero) is 1. The number of hydrogen-bond acceptors (Lipinski definition) is 8. The Morgan fingerprint density at radius 2 is 1.62 bits per heavy atom. The molecule has 4 aromatic carbocycles. The summed E-state index contributed by atoms with van der Waals surface area (Å²) in [5.41, 5.74) is 1.75. The highest BCUT2D eigenvalue weighted by atomic mass is 35.5. The number of amides is 5. The van der Waals surface area contributed by atoms with Crippen molar-refractivity contribution in [2.75, 3.05) is 22.5 Å². The molecule has 0 radical (unpaired) electrons. The summed E-state index contributed by atoms with van der Waals surface area (Å²) in [5.74, 6) is -3.83. The van der Waals surface area contributed by atoms with Gasteiger partial charge in [0.25, 0.3) is 11.8 Å².